The largest absolute Gasteiger partial charge is 0.497 e. The van der Waals surface area contributed by atoms with Crippen LogP contribution in [0, 0.1) is 0 Å². The SMILES string of the molecule is COc1ccc2ncnc(OCCCC3CN(C4=COC=C(C5=CC=CCC5)O4)C(=O)O3)c2c1. The van der Waals surface area contributed by atoms with Gasteiger partial charge in [-0.1, -0.05) is 18.2 Å². The molecule has 0 saturated carbocycles. The number of hydrogen-bond acceptors (Lipinski definition) is 8. The van der Waals surface area contributed by atoms with E-state index < -0.39 is 6.09 Å². The van der Waals surface area contributed by atoms with Gasteiger partial charge in [0.15, 0.2) is 12.0 Å². The molecule has 34 heavy (non-hydrogen) atoms. The molecule has 5 rings (SSSR count). The number of rotatable bonds is 8. The maximum Gasteiger partial charge on any atom is 0.417 e. The van der Waals surface area contributed by atoms with Crippen LogP contribution >= 0.6 is 0 Å². The quantitative estimate of drug-likeness (QED) is 0.525. The van der Waals surface area contributed by atoms with Crippen LogP contribution in [0.25, 0.3) is 10.9 Å². The molecule has 9 nitrogen and oxygen atoms in total. The Morgan fingerprint density at radius 1 is 1.24 bits per heavy atom. The Bertz CT molecular complexity index is 1200. The molecule has 2 aromatic rings. The number of ether oxygens (including phenoxy) is 5. The number of carbonyl (C=O) groups is 1. The summed E-state index contributed by atoms with van der Waals surface area (Å²) < 4.78 is 28.1. The van der Waals surface area contributed by atoms with Gasteiger partial charge in [-0.25, -0.2) is 19.7 Å². The van der Waals surface area contributed by atoms with E-state index in [9.17, 15) is 4.79 Å². The van der Waals surface area contributed by atoms with E-state index >= 15 is 0 Å². The average molecular weight is 463 g/mol. The first-order valence-corrected chi connectivity index (χ1v) is 11.2. The van der Waals surface area contributed by atoms with E-state index in [4.69, 9.17) is 23.7 Å². The summed E-state index contributed by atoms with van der Waals surface area (Å²) in [6.07, 6.45) is 12.9. The summed E-state index contributed by atoms with van der Waals surface area (Å²) in [5.41, 5.74) is 1.81. The minimum Gasteiger partial charge on any atom is -0.497 e. The number of nitrogens with zero attached hydrogens (tertiary/aromatic N) is 3. The highest BCUT2D eigenvalue weighted by Gasteiger charge is 2.36. The number of carbonyl (C=O) groups excluding carboxylic acids is 1. The van der Waals surface area contributed by atoms with Crippen LogP contribution in [0.3, 0.4) is 0 Å². The predicted octanol–water partition coefficient (Wildman–Crippen LogP) is 4.58. The summed E-state index contributed by atoms with van der Waals surface area (Å²) in [6.45, 7) is 0.808. The Morgan fingerprint density at radius 2 is 2.18 bits per heavy atom. The molecule has 0 spiro atoms. The van der Waals surface area contributed by atoms with E-state index in [-0.39, 0.29) is 6.10 Å². The predicted molar refractivity (Wildman–Crippen MR) is 123 cm³/mol. The third-order valence-electron chi connectivity index (χ3n) is 5.74. The molecule has 9 heteroatoms. The lowest BCUT2D eigenvalue weighted by Gasteiger charge is -2.23. The van der Waals surface area contributed by atoms with Crippen LogP contribution in [0.15, 0.2) is 72.5 Å². The van der Waals surface area contributed by atoms with Crippen molar-refractivity contribution in [2.45, 2.75) is 31.8 Å². The minimum absolute atomic E-state index is 0.269. The van der Waals surface area contributed by atoms with E-state index in [1.165, 1.54) is 17.5 Å². The smallest absolute Gasteiger partial charge is 0.417 e. The number of benzene rings is 1. The zero-order valence-corrected chi connectivity index (χ0v) is 18.8. The van der Waals surface area contributed by atoms with Crippen molar-refractivity contribution in [1.82, 2.24) is 14.9 Å². The van der Waals surface area contributed by atoms with E-state index in [2.05, 4.69) is 16.0 Å². The van der Waals surface area contributed by atoms with Gasteiger partial charge in [0.05, 0.1) is 31.2 Å². The second-order valence-electron chi connectivity index (χ2n) is 8.00. The van der Waals surface area contributed by atoms with Crippen molar-refractivity contribution in [1.29, 1.82) is 0 Å². The van der Waals surface area contributed by atoms with Crippen LogP contribution in [-0.4, -0.2) is 47.3 Å². The first kappa shape index (κ1) is 21.8. The molecule has 1 saturated heterocycles. The number of amides is 1. The molecule has 1 aromatic carbocycles. The number of cyclic esters (lactones) is 1. The summed E-state index contributed by atoms with van der Waals surface area (Å²) >= 11 is 0. The van der Waals surface area contributed by atoms with Crippen LogP contribution in [0.5, 0.6) is 11.6 Å². The molecule has 1 aliphatic carbocycles. The molecule has 1 atom stereocenters. The number of methoxy groups -OCH3 is 1. The van der Waals surface area contributed by atoms with Gasteiger partial charge in [-0.3, -0.25) is 0 Å². The van der Waals surface area contributed by atoms with Crippen molar-refractivity contribution in [2.24, 2.45) is 0 Å². The van der Waals surface area contributed by atoms with E-state index in [0.29, 0.717) is 49.3 Å². The van der Waals surface area contributed by atoms with Gasteiger partial charge in [0.1, 0.15) is 24.4 Å². The third-order valence-corrected chi connectivity index (χ3v) is 5.74. The lowest BCUT2D eigenvalue weighted by Crippen LogP contribution is -2.27. The molecule has 1 unspecified atom stereocenters. The highest BCUT2D eigenvalue weighted by atomic mass is 16.6. The zero-order valence-electron chi connectivity index (χ0n) is 18.8. The summed E-state index contributed by atoms with van der Waals surface area (Å²) in [6, 6.07) is 5.56. The maximum absolute atomic E-state index is 12.4. The van der Waals surface area contributed by atoms with Crippen molar-refractivity contribution in [3.05, 3.63) is 72.5 Å². The monoisotopic (exact) mass is 463 g/mol. The van der Waals surface area contributed by atoms with Crippen molar-refractivity contribution >= 4 is 17.0 Å². The summed E-state index contributed by atoms with van der Waals surface area (Å²) in [4.78, 5) is 22.4. The van der Waals surface area contributed by atoms with Gasteiger partial charge >= 0.3 is 6.09 Å². The molecular formula is C25H25N3O6. The molecule has 2 aliphatic heterocycles. The van der Waals surface area contributed by atoms with E-state index in [1.54, 1.807) is 13.4 Å². The average Bonchev–Trinajstić information content (AvgIpc) is 3.27. The number of fused-ring (bicyclic) bond motifs is 1. The highest BCUT2D eigenvalue weighted by Crippen LogP contribution is 2.30. The van der Waals surface area contributed by atoms with Crippen molar-refractivity contribution in [3.8, 4) is 11.6 Å². The van der Waals surface area contributed by atoms with Crippen LogP contribution in [0.1, 0.15) is 25.7 Å². The van der Waals surface area contributed by atoms with Crippen LogP contribution in [-0.2, 0) is 14.2 Å². The normalized spacial score (nSPS) is 19.6. The van der Waals surface area contributed by atoms with Gasteiger partial charge in [0.25, 0.3) is 0 Å². The molecule has 0 N–H and O–H groups in total. The van der Waals surface area contributed by atoms with Crippen molar-refractivity contribution in [2.75, 3.05) is 20.3 Å². The molecule has 1 aromatic heterocycles. The van der Waals surface area contributed by atoms with Gasteiger partial charge in [-0.2, -0.15) is 0 Å². The molecular weight excluding hydrogens is 438 g/mol. The van der Waals surface area contributed by atoms with E-state index in [1.807, 2.05) is 30.4 Å². The van der Waals surface area contributed by atoms with Gasteiger partial charge in [0.2, 0.25) is 11.8 Å². The molecule has 0 radical (unpaired) electrons. The standard InChI is InChI=1S/C25H25N3O6/c1-30-18-9-10-21-20(12-18)24(27-16-26-21)32-11-5-8-19-13-28(25(29)33-19)23-15-31-14-22(34-23)17-6-3-2-4-7-17/h2-3,6,9-10,12,14-16,19H,4-5,7-8,11,13H2,1H3. The fourth-order valence-corrected chi connectivity index (χ4v) is 3.97. The van der Waals surface area contributed by atoms with Crippen LogP contribution in [0.4, 0.5) is 4.79 Å². The van der Waals surface area contributed by atoms with Crippen LogP contribution < -0.4 is 9.47 Å². The molecule has 1 fully saturated rings. The summed E-state index contributed by atoms with van der Waals surface area (Å²) in [5, 5.41) is 0.786. The fourth-order valence-electron chi connectivity index (χ4n) is 3.97. The van der Waals surface area contributed by atoms with E-state index in [0.717, 1.165) is 29.3 Å². The van der Waals surface area contributed by atoms with Gasteiger partial charge in [-0.05, 0) is 49.5 Å². The first-order valence-electron chi connectivity index (χ1n) is 11.2. The molecule has 0 bridgehead atoms. The third kappa shape index (κ3) is 4.68. The van der Waals surface area contributed by atoms with Crippen molar-refractivity contribution in [3.63, 3.8) is 0 Å². The summed E-state index contributed by atoms with van der Waals surface area (Å²) in [5.74, 6) is 2.15. The second kappa shape index (κ2) is 9.86. The topological polar surface area (TPSA) is 92.2 Å². The minimum atomic E-state index is -0.451. The van der Waals surface area contributed by atoms with Gasteiger partial charge in [-0.15, -0.1) is 0 Å². The Labute approximate surface area is 196 Å². The number of hydrogen-bond donors (Lipinski definition) is 0. The molecule has 3 heterocycles. The maximum atomic E-state index is 12.4. The fraction of sp³-hybridized carbons (Fsp3) is 0.320. The Hall–Kier alpha value is -4.01. The first-order chi connectivity index (χ1) is 16.7. The summed E-state index contributed by atoms with van der Waals surface area (Å²) in [7, 11) is 1.61. The Kier molecular flexibility index (Phi) is 6.33. The Morgan fingerprint density at radius 3 is 3.03 bits per heavy atom. The van der Waals surface area contributed by atoms with Gasteiger partial charge in [0, 0.05) is 0 Å². The molecule has 3 aliphatic rings. The Balaban J connectivity index is 1.13. The van der Waals surface area contributed by atoms with Crippen LogP contribution in [0.2, 0.25) is 0 Å². The molecule has 1 amide bonds. The zero-order chi connectivity index (χ0) is 23.3. The lowest BCUT2D eigenvalue weighted by atomic mass is 10.0. The van der Waals surface area contributed by atoms with Gasteiger partial charge < -0.3 is 23.7 Å². The number of allylic oxidation sites excluding steroid dienone is 4. The molecule has 176 valence electrons. The van der Waals surface area contributed by atoms with Crippen molar-refractivity contribution < 1.29 is 28.5 Å². The second-order valence-corrected chi connectivity index (χ2v) is 8.00. The highest BCUT2D eigenvalue weighted by molar-refractivity contribution is 5.84. The lowest BCUT2D eigenvalue weighted by molar-refractivity contribution is 0.115. The number of aromatic nitrogens is 2.